The lowest BCUT2D eigenvalue weighted by molar-refractivity contribution is -0.159. The molecule has 0 amide bonds. The van der Waals surface area contributed by atoms with Gasteiger partial charge in [0.1, 0.15) is 12.2 Å². The summed E-state index contributed by atoms with van der Waals surface area (Å²) in [6, 6.07) is 0. The van der Waals surface area contributed by atoms with Crippen molar-refractivity contribution in [3.8, 4) is 0 Å². The molecule has 33 heavy (non-hydrogen) atoms. The Kier molecular flexibility index (Phi) is 8.15. The smallest absolute Gasteiger partial charge is 0.306 e. The summed E-state index contributed by atoms with van der Waals surface area (Å²) in [5.74, 6) is 4.25. The molecule has 0 spiro atoms. The summed E-state index contributed by atoms with van der Waals surface area (Å²) >= 11 is 0. The van der Waals surface area contributed by atoms with Crippen molar-refractivity contribution in [3.05, 3.63) is 11.6 Å². The van der Waals surface area contributed by atoms with Gasteiger partial charge in [-0.1, -0.05) is 54.9 Å². The van der Waals surface area contributed by atoms with E-state index in [0.29, 0.717) is 30.6 Å². The molecule has 0 heterocycles. The Morgan fingerprint density at radius 1 is 0.939 bits per heavy atom. The van der Waals surface area contributed by atoms with Crippen LogP contribution in [0.15, 0.2) is 11.6 Å². The van der Waals surface area contributed by atoms with Crippen LogP contribution in [0.1, 0.15) is 91.9 Å². The van der Waals surface area contributed by atoms with E-state index in [4.69, 9.17) is 9.47 Å². The second kappa shape index (κ2) is 10.6. The average Bonchev–Trinajstić information content (AvgIpc) is 3.15. The van der Waals surface area contributed by atoms with Gasteiger partial charge in [-0.25, -0.2) is 0 Å². The zero-order valence-corrected chi connectivity index (χ0v) is 22.5. The van der Waals surface area contributed by atoms with Crippen molar-refractivity contribution in [2.75, 3.05) is 11.5 Å². The number of allylic oxidation sites excluding steroid dienone is 1. The van der Waals surface area contributed by atoms with E-state index in [2.05, 4.69) is 19.9 Å². The number of ether oxygens (including phenoxy) is 2. The third-order valence-electron chi connectivity index (χ3n) is 9.36. The number of esters is 2. The Morgan fingerprint density at radius 3 is 2.42 bits per heavy atom. The zero-order chi connectivity index (χ0) is 23.6. The van der Waals surface area contributed by atoms with Gasteiger partial charge in [0.25, 0.3) is 0 Å². The molecule has 0 aromatic heterocycles. The van der Waals surface area contributed by atoms with Crippen LogP contribution in [0.25, 0.3) is 0 Å². The summed E-state index contributed by atoms with van der Waals surface area (Å²) in [4.78, 5) is 24.1. The van der Waals surface area contributed by atoms with Gasteiger partial charge in [-0.15, -0.1) is 0 Å². The van der Waals surface area contributed by atoms with Crippen LogP contribution in [-0.4, -0.2) is 35.7 Å². The van der Waals surface area contributed by atoms with Gasteiger partial charge in [-0.3, -0.25) is 9.59 Å². The molecule has 0 N–H and O–H groups in total. The predicted molar refractivity (Wildman–Crippen MR) is 137 cm³/mol. The highest BCUT2D eigenvalue weighted by molar-refractivity contribution is 8.76. The molecule has 0 aliphatic heterocycles. The van der Waals surface area contributed by atoms with Crippen molar-refractivity contribution in [1.82, 2.24) is 0 Å². The Morgan fingerprint density at radius 2 is 1.70 bits per heavy atom. The highest BCUT2D eigenvalue weighted by atomic mass is 33.1. The maximum Gasteiger partial charge on any atom is 0.306 e. The highest BCUT2D eigenvalue weighted by Gasteiger charge is 2.61. The summed E-state index contributed by atoms with van der Waals surface area (Å²) in [7, 11) is 4.03. The van der Waals surface area contributed by atoms with E-state index in [1.54, 1.807) is 5.57 Å². The molecule has 0 saturated heterocycles. The van der Waals surface area contributed by atoms with E-state index in [1.165, 1.54) is 25.0 Å². The average molecular weight is 495 g/mol. The normalized spacial score (nSPS) is 39.6. The number of fused-ring (bicyclic) bond motifs is 5. The number of rotatable bonds is 8. The molecule has 0 bridgehead atoms. The topological polar surface area (TPSA) is 52.6 Å². The van der Waals surface area contributed by atoms with Crippen LogP contribution < -0.4 is 0 Å². The first-order valence-electron chi connectivity index (χ1n) is 13.2. The fraction of sp³-hybridized carbons (Fsp3) is 0.852. The molecule has 4 aliphatic rings. The van der Waals surface area contributed by atoms with Gasteiger partial charge in [0, 0.05) is 35.2 Å². The molecule has 4 aliphatic carbocycles. The van der Waals surface area contributed by atoms with Gasteiger partial charge in [-0.05, 0) is 75.2 Å². The van der Waals surface area contributed by atoms with Crippen LogP contribution >= 0.6 is 21.6 Å². The minimum absolute atomic E-state index is 0.0396. The molecular weight excluding hydrogens is 452 g/mol. The Balaban J connectivity index is 1.58. The predicted octanol–water partition coefficient (Wildman–Crippen LogP) is 6.97. The van der Waals surface area contributed by atoms with Gasteiger partial charge in [0.05, 0.1) is 0 Å². The van der Waals surface area contributed by atoms with E-state index < -0.39 is 0 Å². The van der Waals surface area contributed by atoms with E-state index in [9.17, 15) is 9.59 Å². The van der Waals surface area contributed by atoms with Gasteiger partial charge in [0.15, 0.2) is 0 Å². The van der Waals surface area contributed by atoms with Crippen LogP contribution in [-0.2, 0) is 19.1 Å². The fourth-order valence-electron chi connectivity index (χ4n) is 7.72. The second-order valence-electron chi connectivity index (χ2n) is 10.8. The lowest BCUT2D eigenvalue weighted by Gasteiger charge is -2.59. The molecule has 3 fully saturated rings. The van der Waals surface area contributed by atoms with E-state index in [1.807, 2.05) is 35.4 Å². The second-order valence-corrected chi connectivity index (χ2v) is 13.6. The van der Waals surface area contributed by atoms with Gasteiger partial charge in [0.2, 0.25) is 0 Å². The van der Waals surface area contributed by atoms with Crippen LogP contribution in [0.4, 0.5) is 0 Å². The highest BCUT2D eigenvalue weighted by Crippen LogP contribution is 2.66. The van der Waals surface area contributed by atoms with Crippen molar-refractivity contribution in [3.63, 3.8) is 0 Å². The SMILES string of the molecule is CCSSC[C@]12CC[C@@H](OC(=O)CC)C=C1CC[C@@H]1[C@@H]2CC[C@]2(C)[C@@H](OC(=O)CC)CC[C@@H]12. The quantitative estimate of drug-likeness (QED) is 0.157. The van der Waals surface area contributed by atoms with Gasteiger partial charge in [-0.2, -0.15) is 0 Å². The number of hydrogen-bond donors (Lipinski definition) is 0. The minimum Gasteiger partial charge on any atom is -0.462 e. The third kappa shape index (κ3) is 4.77. The number of hydrogen-bond acceptors (Lipinski definition) is 6. The largest absolute Gasteiger partial charge is 0.462 e. The van der Waals surface area contributed by atoms with E-state index >= 15 is 0 Å². The number of carbonyl (C=O) groups excluding carboxylic acids is 2. The molecule has 0 unspecified atom stereocenters. The Labute approximate surface area is 208 Å². The molecule has 0 radical (unpaired) electrons. The first-order valence-corrected chi connectivity index (χ1v) is 15.7. The zero-order valence-electron chi connectivity index (χ0n) is 20.9. The molecular formula is C27H42O4S2. The summed E-state index contributed by atoms with van der Waals surface area (Å²) in [6.07, 6.45) is 12.4. The lowest BCUT2D eigenvalue weighted by Crippen LogP contribution is -2.53. The molecule has 3 saturated carbocycles. The molecule has 4 nitrogen and oxygen atoms in total. The van der Waals surface area contributed by atoms with Crippen molar-refractivity contribution >= 4 is 33.5 Å². The fourth-order valence-corrected chi connectivity index (χ4v) is 10.1. The summed E-state index contributed by atoms with van der Waals surface area (Å²) in [6.45, 7) is 8.42. The number of carbonyl (C=O) groups is 2. The molecule has 186 valence electrons. The van der Waals surface area contributed by atoms with E-state index in [0.717, 1.165) is 37.9 Å². The first kappa shape index (κ1) is 25.5. The molecule has 4 rings (SSSR count). The molecule has 0 aromatic carbocycles. The Bertz CT molecular complexity index is 767. The Hall–Kier alpha value is -0.620. The maximum absolute atomic E-state index is 12.1. The van der Waals surface area contributed by atoms with Gasteiger partial charge >= 0.3 is 11.9 Å². The third-order valence-corrected chi connectivity index (χ3v) is 12.0. The summed E-state index contributed by atoms with van der Waals surface area (Å²) in [5.41, 5.74) is 1.95. The molecule has 7 atom stereocenters. The summed E-state index contributed by atoms with van der Waals surface area (Å²) < 4.78 is 11.7. The van der Waals surface area contributed by atoms with Crippen LogP contribution in [0.5, 0.6) is 0 Å². The van der Waals surface area contributed by atoms with Crippen LogP contribution in [0.3, 0.4) is 0 Å². The van der Waals surface area contributed by atoms with Crippen molar-refractivity contribution in [2.24, 2.45) is 28.6 Å². The van der Waals surface area contributed by atoms with E-state index in [-0.39, 0.29) is 35.0 Å². The first-order chi connectivity index (χ1) is 15.9. The maximum atomic E-state index is 12.1. The van der Waals surface area contributed by atoms with Crippen LogP contribution in [0.2, 0.25) is 0 Å². The summed E-state index contributed by atoms with van der Waals surface area (Å²) in [5, 5.41) is 0. The van der Waals surface area contributed by atoms with Crippen LogP contribution in [0, 0.1) is 28.6 Å². The van der Waals surface area contributed by atoms with Crippen molar-refractivity contribution < 1.29 is 19.1 Å². The standard InChI is InChI=1S/C27H42O4S2/c1-5-24(28)30-19-12-15-27(17-33-32-7-3)18(16-19)8-9-20-21-10-11-23(31-25(29)6-2)26(21,4)14-13-22(20)27/h16,19-23H,5-15,17H2,1-4H3/t19-,20+,21+,22+,23+,26+,27-/m1/s1. The monoisotopic (exact) mass is 494 g/mol. The van der Waals surface area contributed by atoms with Gasteiger partial charge < -0.3 is 9.47 Å². The van der Waals surface area contributed by atoms with Crippen molar-refractivity contribution in [2.45, 2.75) is 104 Å². The minimum atomic E-state index is -0.0824. The van der Waals surface area contributed by atoms with Crippen molar-refractivity contribution in [1.29, 1.82) is 0 Å². The lowest BCUT2D eigenvalue weighted by atomic mass is 9.47. The molecule has 6 heteroatoms. The molecule has 0 aromatic rings.